The molecule has 6 heteroatoms. The second kappa shape index (κ2) is 6.95. The van der Waals surface area contributed by atoms with E-state index in [1.807, 2.05) is 19.2 Å². The lowest BCUT2D eigenvalue weighted by atomic mass is 10.1. The molecule has 1 N–H and O–H groups in total. The molecule has 1 unspecified atom stereocenters. The Balaban J connectivity index is 2.16. The summed E-state index contributed by atoms with van der Waals surface area (Å²) in [5.41, 5.74) is 1.93. The highest BCUT2D eigenvalue weighted by molar-refractivity contribution is 9.10. The Morgan fingerprint density at radius 3 is 2.48 bits per heavy atom. The molecule has 110 valence electrons. The molecule has 0 amide bonds. The van der Waals surface area contributed by atoms with Crippen LogP contribution in [0.4, 0.5) is 11.4 Å². The van der Waals surface area contributed by atoms with Gasteiger partial charge in [-0.15, -0.1) is 11.8 Å². The fraction of sp³-hybridized carbons (Fsp3) is 0.200. The Bertz CT molecular complexity index is 647. The Kier molecular flexibility index (Phi) is 5.25. The number of nitrogens with zero attached hydrogens (tertiary/aromatic N) is 1. The monoisotopic (exact) mass is 366 g/mol. The van der Waals surface area contributed by atoms with Crippen LogP contribution in [-0.2, 0) is 0 Å². The first-order valence-corrected chi connectivity index (χ1v) is 8.37. The van der Waals surface area contributed by atoms with Gasteiger partial charge in [-0.2, -0.15) is 0 Å². The summed E-state index contributed by atoms with van der Waals surface area (Å²) in [4.78, 5) is 11.8. The fourth-order valence-corrected chi connectivity index (χ4v) is 2.77. The van der Waals surface area contributed by atoms with Gasteiger partial charge in [-0.3, -0.25) is 10.1 Å². The highest BCUT2D eigenvalue weighted by Crippen LogP contribution is 2.30. The van der Waals surface area contributed by atoms with Crippen molar-refractivity contribution in [1.82, 2.24) is 0 Å². The van der Waals surface area contributed by atoms with Crippen LogP contribution in [0.1, 0.15) is 18.5 Å². The lowest BCUT2D eigenvalue weighted by Gasteiger charge is -2.16. The highest BCUT2D eigenvalue weighted by Gasteiger charge is 2.13. The minimum absolute atomic E-state index is 0.0601. The lowest BCUT2D eigenvalue weighted by Crippen LogP contribution is -2.06. The highest BCUT2D eigenvalue weighted by atomic mass is 79.9. The molecule has 2 aromatic rings. The SMILES string of the molecule is CSc1ccc(C(C)Nc2ccc(Br)c([N+](=O)[O-])c2)cc1. The maximum atomic E-state index is 10.9. The topological polar surface area (TPSA) is 55.2 Å². The molecule has 0 fully saturated rings. The van der Waals surface area contributed by atoms with Gasteiger partial charge in [0, 0.05) is 22.7 Å². The number of hydrogen-bond acceptors (Lipinski definition) is 4. The molecule has 1 atom stereocenters. The molecular weight excluding hydrogens is 352 g/mol. The second-order valence-electron chi connectivity index (χ2n) is 4.56. The summed E-state index contributed by atoms with van der Waals surface area (Å²) in [5.74, 6) is 0. The van der Waals surface area contributed by atoms with E-state index in [0.29, 0.717) is 4.47 Å². The molecule has 0 aliphatic rings. The summed E-state index contributed by atoms with van der Waals surface area (Å²) in [6.07, 6.45) is 2.04. The number of benzene rings is 2. The number of anilines is 1. The summed E-state index contributed by atoms with van der Waals surface area (Å²) >= 11 is 4.89. The smallest absolute Gasteiger partial charge is 0.285 e. The van der Waals surface area contributed by atoms with Crippen molar-refractivity contribution in [1.29, 1.82) is 0 Å². The number of nitro benzene ring substituents is 1. The maximum Gasteiger partial charge on any atom is 0.285 e. The Morgan fingerprint density at radius 1 is 1.24 bits per heavy atom. The van der Waals surface area contributed by atoms with Crippen molar-refractivity contribution in [2.45, 2.75) is 17.9 Å². The quantitative estimate of drug-likeness (QED) is 0.445. The first-order valence-electron chi connectivity index (χ1n) is 6.35. The zero-order valence-electron chi connectivity index (χ0n) is 11.7. The number of hydrogen-bond donors (Lipinski definition) is 1. The normalized spacial score (nSPS) is 12.0. The molecule has 0 saturated heterocycles. The van der Waals surface area contributed by atoms with Gasteiger partial charge in [0.05, 0.1) is 9.40 Å². The average Bonchev–Trinajstić information content (AvgIpc) is 2.49. The zero-order valence-corrected chi connectivity index (χ0v) is 14.1. The maximum absolute atomic E-state index is 10.9. The number of halogens is 1. The van der Waals surface area contributed by atoms with Crippen LogP contribution >= 0.6 is 27.7 Å². The fourth-order valence-electron chi connectivity index (χ4n) is 1.97. The van der Waals surface area contributed by atoms with Gasteiger partial charge in [-0.1, -0.05) is 12.1 Å². The van der Waals surface area contributed by atoms with Crippen LogP contribution < -0.4 is 5.32 Å². The van der Waals surface area contributed by atoms with Crippen molar-refractivity contribution in [3.05, 3.63) is 62.6 Å². The van der Waals surface area contributed by atoms with Gasteiger partial charge in [0.2, 0.25) is 0 Å². The van der Waals surface area contributed by atoms with E-state index in [9.17, 15) is 10.1 Å². The Labute approximate surface area is 136 Å². The summed E-state index contributed by atoms with van der Waals surface area (Å²) < 4.78 is 0.482. The molecule has 4 nitrogen and oxygen atoms in total. The van der Waals surface area contributed by atoms with Gasteiger partial charge in [-0.25, -0.2) is 0 Å². The zero-order chi connectivity index (χ0) is 15.4. The van der Waals surface area contributed by atoms with Crippen LogP contribution in [0.3, 0.4) is 0 Å². The van der Waals surface area contributed by atoms with Gasteiger partial charge in [0.1, 0.15) is 0 Å². The Hall–Kier alpha value is -1.53. The molecule has 0 heterocycles. The van der Waals surface area contributed by atoms with E-state index in [0.717, 1.165) is 11.3 Å². The van der Waals surface area contributed by atoms with E-state index in [4.69, 9.17) is 0 Å². The van der Waals surface area contributed by atoms with Crippen LogP contribution in [0.25, 0.3) is 0 Å². The Morgan fingerprint density at radius 2 is 1.90 bits per heavy atom. The molecular formula is C15H15BrN2O2S. The average molecular weight is 367 g/mol. The predicted octanol–water partition coefficient (Wildman–Crippen LogP) is 5.25. The van der Waals surface area contributed by atoms with Crippen molar-refractivity contribution in [3.8, 4) is 0 Å². The van der Waals surface area contributed by atoms with Crippen molar-refractivity contribution in [2.75, 3.05) is 11.6 Å². The summed E-state index contributed by atoms with van der Waals surface area (Å²) in [6, 6.07) is 13.4. The van der Waals surface area contributed by atoms with Crippen molar-refractivity contribution in [2.24, 2.45) is 0 Å². The van der Waals surface area contributed by atoms with Crippen LogP contribution in [0.2, 0.25) is 0 Å². The van der Waals surface area contributed by atoms with E-state index in [1.54, 1.807) is 17.8 Å². The van der Waals surface area contributed by atoms with Crippen LogP contribution in [-0.4, -0.2) is 11.2 Å². The largest absolute Gasteiger partial charge is 0.378 e. The van der Waals surface area contributed by atoms with E-state index >= 15 is 0 Å². The molecule has 0 aromatic heterocycles. The van der Waals surface area contributed by atoms with Crippen molar-refractivity contribution < 1.29 is 4.92 Å². The van der Waals surface area contributed by atoms with Crippen LogP contribution in [0.5, 0.6) is 0 Å². The molecule has 0 bridgehead atoms. The van der Waals surface area contributed by atoms with Gasteiger partial charge >= 0.3 is 0 Å². The van der Waals surface area contributed by atoms with Crippen LogP contribution in [0.15, 0.2) is 51.8 Å². The van der Waals surface area contributed by atoms with E-state index < -0.39 is 4.92 Å². The molecule has 0 radical (unpaired) electrons. The minimum atomic E-state index is -0.396. The molecule has 0 saturated carbocycles. The summed E-state index contributed by atoms with van der Waals surface area (Å²) in [7, 11) is 0. The number of nitrogens with one attached hydrogen (secondary N) is 1. The molecule has 2 aromatic carbocycles. The second-order valence-corrected chi connectivity index (χ2v) is 6.30. The van der Waals surface area contributed by atoms with Crippen LogP contribution in [0, 0.1) is 10.1 Å². The van der Waals surface area contributed by atoms with E-state index in [2.05, 4.69) is 45.5 Å². The van der Waals surface area contributed by atoms with Gasteiger partial charge in [-0.05, 0) is 58.9 Å². The third kappa shape index (κ3) is 3.98. The molecule has 0 aliphatic heterocycles. The lowest BCUT2D eigenvalue weighted by molar-refractivity contribution is -0.385. The summed E-state index contributed by atoms with van der Waals surface area (Å²) in [5, 5.41) is 14.2. The predicted molar refractivity (Wildman–Crippen MR) is 91.1 cm³/mol. The minimum Gasteiger partial charge on any atom is -0.378 e. The third-order valence-corrected chi connectivity index (χ3v) is 4.56. The van der Waals surface area contributed by atoms with Gasteiger partial charge in [0.15, 0.2) is 0 Å². The molecule has 0 aliphatic carbocycles. The third-order valence-electron chi connectivity index (χ3n) is 3.14. The van der Waals surface area contributed by atoms with Gasteiger partial charge < -0.3 is 5.32 Å². The van der Waals surface area contributed by atoms with Crippen molar-refractivity contribution >= 4 is 39.1 Å². The first-order chi connectivity index (χ1) is 10.0. The number of thioether (sulfide) groups is 1. The first kappa shape index (κ1) is 15.9. The molecule has 0 spiro atoms. The standard InChI is InChI=1S/C15H15BrN2O2S/c1-10(11-3-6-13(21-2)7-4-11)17-12-5-8-14(16)15(9-12)18(19)20/h3-10,17H,1-2H3. The molecule has 2 rings (SSSR count). The summed E-state index contributed by atoms with van der Waals surface area (Å²) in [6.45, 7) is 2.03. The van der Waals surface area contributed by atoms with Gasteiger partial charge in [0.25, 0.3) is 5.69 Å². The van der Waals surface area contributed by atoms with E-state index in [1.165, 1.54) is 11.0 Å². The van der Waals surface area contributed by atoms with Crippen molar-refractivity contribution in [3.63, 3.8) is 0 Å². The number of rotatable bonds is 5. The number of nitro groups is 1. The molecule has 21 heavy (non-hydrogen) atoms. The van der Waals surface area contributed by atoms with E-state index in [-0.39, 0.29) is 11.7 Å².